The maximum atomic E-state index is 13.2. The molecule has 110 valence electrons. The first-order valence-electron chi connectivity index (χ1n) is 6.75. The zero-order chi connectivity index (χ0) is 14.8. The van der Waals surface area contributed by atoms with Crippen molar-refractivity contribution >= 4 is 22.6 Å². The van der Waals surface area contributed by atoms with E-state index in [-0.39, 0.29) is 11.9 Å². The average Bonchev–Trinajstić information content (AvgIpc) is 2.71. The van der Waals surface area contributed by atoms with Crippen LogP contribution in [0, 0.1) is 9.39 Å². The molecule has 2 N–H and O–H groups in total. The maximum absolute atomic E-state index is 13.2. The van der Waals surface area contributed by atoms with Crippen molar-refractivity contribution in [2.75, 3.05) is 13.2 Å². The van der Waals surface area contributed by atoms with Crippen LogP contribution in [0.4, 0.5) is 4.39 Å². The molecule has 0 saturated heterocycles. The third-order valence-corrected chi connectivity index (χ3v) is 4.36. The lowest BCUT2D eigenvalue weighted by Crippen LogP contribution is -2.13. The minimum atomic E-state index is -0.324. The quantitative estimate of drug-likeness (QED) is 0.785. The highest BCUT2D eigenvalue weighted by molar-refractivity contribution is 14.1. The number of rotatable bonds is 2. The molecule has 2 aromatic rings. The molecule has 0 saturated carbocycles. The van der Waals surface area contributed by atoms with Crippen molar-refractivity contribution in [3.8, 4) is 11.5 Å². The van der Waals surface area contributed by atoms with Crippen LogP contribution in [0.15, 0.2) is 36.4 Å². The Morgan fingerprint density at radius 3 is 2.57 bits per heavy atom. The smallest absolute Gasteiger partial charge is 0.161 e. The van der Waals surface area contributed by atoms with Crippen molar-refractivity contribution in [1.29, 1.82) is 0 Å². The van der Waals surface area contributed by atoms with Crippen LogP contribution >= 0.6 is 22.6 Å². The lowest BCUT2D eigenvalue weighted by molar-refractivity contribution is 0.297. The summed E-state index contributed by atoms with van der Waals surface area (Å²) in [5.74, 6) is 1.21. The van der Waals surface area contributed by atoms with E-state index in [1.165, 1.54) is 12.1 Å². The molecule has 2 aromatic carbocycles. The first kappa shape index (κ1) is 14.6. The molecular weight excluding hydrogens is 384 g/mol. The predicted molar refractivity (Wildman–Crippen MR) is 87.2 cm³/mol. The van der Waals surface area contributed by atoms with Gasteiger partial charge in [0.2, 0.25) is 0 Å². The highest BCUT2D eigenvalue weighted by atomic mass is 127. The highest BCUT2D eigenvalue weighted by Crippen LogP contribution is 2.34. The van der Waals surface area contributed by atoms with E-state index in [2.05, 4.69) is 22.6 Å². The van der Waals surface area contributed by atoms with Crippen molar-refractivity contribution < 1.29 is 13.9 Å². The zero-order valence-electron chi connectivity index (χ0n) is 11.3. The Bertz CT molecular complexity index is 663. The molecule has 1 aliphatic rings. The van der Waals surface area contributed by atoms with E-state index < -0.39 is 0 Å². The van der Waals surface area contributed by atoms with Gasteiger partial charge in [-0.3, -0.25) is 0 Å². The molecule has 1 unspecified atom stereocenters. The Morgan fingerprint density at radius 2 is 1.81 bits per heavy atom. The molecule has 0 aliphatic carbocycles. The Balaban J connectivity index is 1.94. The van der Waals surface area contributed by atoms with Crippen LogP contribution in [0.5, 0.6) is 11.5 Å². The van der Waals surface area contributed by atoms with Crippen molar-refractivity contribution in [3.05, 3.63) is 56.9 Å². The molecule has 1 atom stereocenters. The summed E-state index contributed by atoms with van der Waals surface area (Å²) in [6.45, 7) is 1.30. The van der Waals surface area contributed by atoms with Crippen LogP contribution in [0.2, 0.25) is 0 Å². The number of benzene rings is 2. The number of hydrogen-bond acceptors (Lipinski definition) is 3. The Kier molecular flexibility index (Phi) is 4.30. The standard InChI is InChI=1S/C16H15FINO2/c17-11-3-4-12(13(18)9-11)16(19)10-2-5-14-15(8-10)21-7-1-6-20-14/h2-5,8-9,16H,1,6-7,19H2. The van der Waals surface area contributed by atoms with Gasteiger partial charge in [0.15, 0.2) is 11.5 Å². The largest absolute Gasteiger partial charge is 0.490 e. The van der Waals surface area contributed by atoms with Gasteiger partial charge in [0.25, 0.3) is 0 Å². The molecule has 1 heterocycles. The van der Waals surface area contributed by atoms with E-state index in [9.17, 15) is 4.39 Å². The number of ether oxygens (including phenoxy) is 2. The predicted octanol–water partition coefficient (Wildman–Crippen LogP) is 3.64. The summed E-state index contributed by atoms with van der Waals surface area (Å²) in [6.07, 6.45) is 0.867. The monoisotopic (exact) mass is 399 g/mol. The average molecular weight is 399 g/mol. The van der Waals surface area contributed by atoms with E-state index in [4.69, 9.17) is 15.2 Å². The lowest BCUT2D eigenvalue weighted by Gasteiger charge is -2.16. The normalized spacial score (nSPS) is 15.4. The number of fused-ring (bicyclic) bond motifs is 1. The topological polar surface area (TPSA) is 44.5 Å². The molecule has 0 fully saturated rings. The Hall–Kier alpha value is -1.34. The summed E-state index contributed by atoms with van der Waals surface area (Å²) >= 11 is 2.10. The maximum Gasteiger partial charge on any atom is 0.161 e. The SMILES string of the molecule is NC(c1ccc2c(c1)OCCCO2)c1ccc(F)cc1I. The van der Waals surface area contributed by atoms with Crippen LogP contribution in [0.25, 0.3) is 0 Å². The van der Waals surface area contributed by atoms with Crippen molar-refractivity contribution in [1.82, 2.24) is 0 Å². The third kappa shape index (κ3) is 3.13. The summed E-state index contributed by atoms with van der Waals surface area (Å²) in [5, 5.41) is 0. The van der Waals surface area contributed by atoms with Crippen molar-refractivity contribution in [3.63, 3.8) is 0 Å². The van der Waals surface area contributed by atoms with Gasteiger partial charge >= 0.3 is 0 Å². The highest BCUT2D eigenvalue weighted by Gasteiger charge is 2.17. The van der Waals surface area contributed by atoms with E-state index in [0.717, 1.165) is 32.6 Å². The van der Waals surface area contributed by atoms with E-state index in [1.54, 1.807) is 6.07 Å². The molecule has 3 rings (SSSR count). The third-order valence-electron chi connectivity index (χ3n) is 3.43. The fraction of sp³-hybridized carbons (Fsp3) is 0.250. The second-order valence-electron chi connectivity index (χ2n) is 4.90. The van der Waals surface area contributed by atoms with Crippen LogP contribution < -0.4 is 15.2 Å². The van der Waals surface area contributed by atoms with Gasteiger partial charge in [-0.15, -0.1) is 0 Å². The Morgan fingerprint density at radius 1 is 1.05 bits per heavy atom. The summed E-state index contributed by atoms with van der Waals surface area (Å²) in [7, 11) is 0. The lowest BCUT2D eigenvalue weighted by atomic mass is 9.99. The van der Waals surface area contributed by atoms with Gasteiger partial charge in [0.1, 0.15) is 5.82 Å². The van der Waals surface area contributed by atoms with Gasteiger partial charge in [0.05, 0.1) is 19.3 Å². The van der Waals surface area contributed by atoms with Gasteiger partial charge in [0, 0.05) is 9.99 Å². The Labute approximate surface area is 136 Å². The molecule has 0 aromatic heterocycles. The molecule has 1 aliphatic heterocycles. The second-order valence-corrected chi connectivity index (χ2v) is 6.06. The number of hydrogen-bond donors (Lipinski definition) is 1. The van der Waals surface area contributed by atoms with Crippen molar-refractivity contribution in [2.24, 2.45) is 5.73 Å². The zero-order valence-corrected chi connectivity index (χ0v) is 13.5. The van der Waals surface area contributed by atoms with Crippen LogP contribution in [0.1, 0.15) is 23.6 Å². The molecule has 0 radical (unpaired) electrons. The molecule has 0 bridgehead atoms. The minimum absolute atomic E-state index is 0.256. The van der Waals surface area contributed by atoms with Gasteiger partial charge in [-0.2, -0.15) is 0 Å². The van der Waals surface area contributed by atoms with Gasteiger partial charge in [-0.1, -0.05) is 12.1 Å². The second kappa shape index (κ2) is 6.19. The van der Waals surface area contributed by atoms with Gasteiger partial charge in [-0.05, 0) is 58.0 Å². The molecule has 5 heteroatoms. The van der Waals surface area contributed by atoms with Crippen molar-refractivity contribution in [2.45, 2.75) is 12.5 Å². The first-order valence-corrected chi connectivity index (χ1v) is 7.83. The number of halogens is 2. The number of nitrogens with two attached hydrogens (primary N) is 1. The van der Waals surface area contributed by atoms with E-state index in [1.807, 2.05) is 18.2 Å². The fourth-order valence-corrected chi connectivity index (χ4v) is 3.12. The van der Waals surface area contributed by atoms with Crippen LogP contribution in [0.3, 0.4) is 0 Å². The van der Waals surface area contributed by atoms with Gasteiger partial charge in [-0.25, -0.2) is 4.39 Å². The molecule has 3 nitrogen and oxygen atoms in total. The van der Waals surface area contributed by atoms with Gasteiger partial charge < -0.3 is 15.2 Å². The molecule has 21 heavy (non-hydrogen) atoms. The summed E-state index contributed by atoms with van der Waals surface area (Å²) in [6, 6.07) is 10.0. The molecule has 0 spiro atoms. The summed E-state index contributed by atoms with van der Waals surface area (Å²) < 4.78 is 25.3. The minimum Gasteiger partial charge on any atom is -0.490 e. The summed E-state index contributed by atoms with van der Waals surface area (Å²) in [5.41, 5.74) is 8.13. The fourth-order valence-electron chi connectivity index (χ4n) is 2.31. The first-order chi connectivity index (χ1) is 10.1. The molecule has 0 amide bonds. The van der Waals surface area contributed by atoms with E-state index in [0.29, 0.717) is 13.2 Å². The van der Waals surface area contributed by atoms with E-state index >= 15 is 0 Å². The molecular formula is C16H15FINO2. The van der Waals surface area contributed by atoms with Crippen LogP contribution in [-0.2, 0) is 0 Å². The van der Waals surface area contributed by atoms with Crippen LogP contribution in [-0.4, -0.2) is 13.2 Å². The summed E-state index contributed by atoms with van der Waals surface area (Å²) in [4.78, 5) is 0.